The van der Waals surface area contributed by atoms with Crippen molar-refractivity contribution in [1.82, 2.24) is 19.3 Å². The molecule has 0 aliphatic heterocycles. The molecule has 140 valence electrons. The molecule has 3 aromatic rings. The van der Waals surface area contributed by atoms with Gasteiger partial charge in [-0.05, 0) is 38.3 Å². The van der Waals surface area contributed by atoms with E-state index in [1.807, 2.05) is 6.92 Å². The molecule has 0 bridgehead atoms. The predicted molar refractivity (Wildman–Crippen MR) is 103 cm³/mol. The Labute approximate surface area is 156 Å². The number of hydrogen-bond acceptors (Lipinski definition) is 4. The molecule has 6 nitrogen and oxygen atoms in total. The van der Waals surface area contributed by atoms with Crippen molar-refractivity contribution >= 4 is 5.82 Å². The van der Waals surface area contributed by atoms with Crippen molar-refractivity contribution in [3.8, 4) is 16.9 Å². The highest BCUT2D eigenvalue weighted by atomic mass is 19.1. The molecule has 0 spiro atoms. The number of anilines is 1. The van der Waals surface area contributed by atoms with Crippen LogP contribution >= 0.6 is 0 Å². The first-order valence-corrected chi connectivity index (χ1v) is 9.18. The Morgan fingerprint density at radius 3 is 2.81 bits per heavy atom. The first kappa shape index (κ1) is 17.5. The fraction of sp³-hybridized carbons (Fsp3) is 0.350. The maximum absolute atomic E-state index is 14.6. The van der Waals surface area contributed by atoms with Gasteiger partial charge in [-0.1, -0.05) is 6.92 Å². The third-order valence-corrected chi connectivity index (χ3v) is 4.85. The number of pyridine rings is 2. The number of aryl methyl sites for hydroxylation is 1. The summed E-state index contributed by atoms with van der Waals surface area (Å²) in [7, 11) is 0. The summed E-state index contributed by atoms with van der Waals surface area (Å²) in [5.41, 5.74) is 1.60. The Kier molecular flexibility index (Phi) is 4.30. The average molecular weight is 367 g/mol. The van der Waals surface area contributed by atoms with Crippen molar-refractivity contribution in [2.45, 2.75) is 45.2 Å². The number of aromatic nitrogens is 4. The maximum atomic E-state index is 14.6. The van der Waals surface area contributed by atoms with E-state index in [4.69, 9.17) is 0 Å². The Hall–Kier alpha value is -2.96. The van der Waals surface area contributed by atoms with E-state index in [1.54, 1.807) is 33.8 Å². The van der Waals surface area contributed by atoms with Gasteiger partial charge in [0.05, 0.1) is 16.9 Å². The van der Waals surface area contributed by atoms with E-state index < -0.39 is 0 Å². The van der Waals surface area contributed by atoms with Gasteiger partial charge >= 0.3 is 0 Å². The van der Waals surface area contributed by atoms with Crippen molar-refractivity contribution in [2.75, 3.05) is 5.32 Å². The van der Waals surface area contributed by atoms with Crippen LogP contribution in [0.3, 0.4) is 0 Å². The molecular weight excluding hydrogens is 345 g/mol. The molecule has 0 atom stereocenters. The zero-order valence-corrected chi connectivity index (χ0v) is 15.4. The van der Waals surface area contributed by atoms with E-state index in [-0.39, 0.29) is 16.9 Å². The molecule has 7 heteroatoms. The Bertz CT molecular complexity index is 1030. The predicted octanol–water partition coefficient (Wildman–Crippen LogP) is 3.61. The fourth-order valence-electron chi connectivity index (χ4n) is 2.99. The van der Waals surface area contributed by atoms with Crippen LogP contribution in [0.5, 0.6) is 0 Å². The van der Waals surface area contributed by atoms with E-state index in [2.05, 4.69) is 22.3 Å². The molecule has 0 amide bonds. The van der Waals surface area contributed by atoms with E-state index in [0.717, 1.165) is 24.9 Å². The molecule has 1 N–H and O–H groups in total. The van der Waals surface area contributed by atoms with Gasteiger partial charge in [0.1, 0.15) is 11.6 Å². The van der Waals surface area contributed by atoms with E-state index in [9.17, 15) is 9.18 Å². The number of nitrogens with one attached hydrogen (secondary N) is 1. The molecule has 0 radical (unpaired) electrons. The molecule has 0 saturated heterocycles. The summed E-state index contributed by atoms with van der Waals surface area (Å²) in [5, 5.41) is 7.72. The van der Waals surface area contributed by atoms with Crippen molar-refractivity contribution in [3.05, 3.63) is 59.0 Å². The Morgan fingerprint density at radius 1 is 1.30 bits per heavy atom. The quantitative estimate of drug-likeness (QED) is 0.723. The molecule has 1 fully saturated rings. The normalized spacial score (nSPS) is 14.9. The molecule has 0 aromatic carbocycles. The first-order valence-electron chi connectivity index (χ1n) is 9.18. The topological polar surface area (TPSA) is 64.7 Å². The fourth-order valence-corrected chi connectivity index (χ4v) is 2.99. The van der Waals surface area contributed by atoms with Crippen molar-refractivity contribution in [3.63, 3.8) is 0 Å². The molecule has 3 heterocycles. The molecule has 0 unspecified atom stereocenters. The largest absolute Gasteiger partial charge is 0.365 e. The van der Waals surface area contributed by atoms with Crippen LogP contribution in [0.1, 0.15) is 33.1 Å². The minimum Gasteiger partial charge on any atom is -0.365 e. The lowest BCUT2D eigenvalue weighted by atomic mass is 10.2. The van der Waals surface area contributed by atoms with Gasteiger partial charge in [0.2, 0.25) is 0 Å². The third kappa shape index (κ3) is 3.63. The number of hydrogen-bond donors (Lipinski definition) is 1. The lowest BCUT2D eigenvalue weighted by Gasteiger charge is -2.12. The lowest BCUT2D eigenvalue weighted by Crippen LogP contribution is -2.19. The summed E-state index contributed by atoms with van der Waals surface area (Å²) >= 11 is 0. The minimum atomic E-state index is -0.363. The highest BCUT2D eigenvalue weighted by Crippen LogP contribution is 2.38. The highest BCUT2D eigenvalue weighted by Gasteiger charge is 2.37. The van der Waals surface area contributed by atoms with E-state index in [0.29, 0.717) is 23.6 Å². The Balaban J connectivity index is 1.61. The summed E-state index contributed by atoms with van der Waals surface area (Å²) in [6, 6.07) is 6.39. The first-order chi connectivity index (χ1) is 13.0. The maximum Gasteiger partial charge on any atom is 0.250 e. The van der Waals surface area contributed by atoms with Crippen LogP contribution in [0.25, 0.3) is 16.9 Å². The van der Waals surface area contributed by atoms with Gasteiger partial charge in [0.25, 0.3) is 5.56 Å². The van der Waals surface area contributed by atoms with Crippen LogP contribution in [0.15, 0.2) is 47.7 Å². The van der Waals surface area contributed by atoms with Gasteiger partial charge in [-0.2, -0.15) is 5.10 Å². The van der Waals surface area contributed by atoms with Crippen LogP contribution in [0.4, 0.5) is 10.2 Å². The van der Waals surface area contributed by atoms with Crippen LogP contribution in [0.2, 0.25) is 0 Å². The van der Waals surface area contributed by atoms with Gasteiger partial charge in [-0.3, -0.25) is 4.79 Å². The summed E-state index contributed by atoms with van der Waals surface area (Å²) < 4.78 is 17.9. The number of nitrogens with zero attached hydrogens (tertiary/aromatic N) is 4. The van der Waals surface area contributed by atoms with Crippen LogP contribution in [-0.2, 0) is 6.54 Å². The zero-order chi connectivity index (χ0) is 19.0. The van der Waals surface area contributed by atoms with Crippen LogP contribution in [-0.4, -0.2) is 24.9 Å². The summed E-state index contributed by atoms with van der Waals surface area (Å²) in [6.45, 7) is 4.76. The monoisotopic (exact) mass is 367 g/mol. The van der Waals surface area contributed by atoms with E-state index >= 15 is 0 Å². The smallest absolute Gasteiger partial charge is 0.250 e. The summed E-state index contributed by atoms with van der Waals surface area (Å²) in [6.07, 6.45) is 8.03. The number of halogens is 1. The van der Waals surface area contributed by atoms with E-state index in [1.165, 1.54) is 18.3 Å². The molecule has 1 saturated carbocycles. The average Bonchev–Trinajstić information content (AvgIpc) is 3.16. The standard InChI is InChI=1S/C20H22FN5O/c1-3-9-25-13-14(4-5-19(25)27)26-10-6-17(24-26)15-12-22-18(11-16(15)21)23-20(2)7-8-20/h4-6,10-13H,3,7-9H2,1-2H3,(H,22,23). The second-order valence-electron chi connectivity index (χ2n) is 7.30. The molecule has 3 aromatic heterocycles. The molecule has 1 aliphatic rings. The third-order valence-electron chi connectivity index (χ3n) is 4.85. The van der Waals surface area contributed by atoms with Gasteiger partial charge in [0.15, 0.2) is 0 Å². The lowest BCUT2D eigenvalue weighted by molar-refractivity contribution is 0.627. The van der Waals surface area contributed by atoms with Crippen LogP contribution in [0, 0.1) is 5.82 Å². The van der Waals surface area contributed by atoms with Gasteiger partial charge in [0, 0.05) is 42.8 Å². The molecule has 1 aliphatic carbocycles. The second kappa shape index (κ2) is 6.64. The molecule has 4 rings (SSSR count). The van der Waals surface area contributed by atoms with Gasteiger partial charge < -0.3 is 9.88 Å². The molecular formula is C20H22FN5O. The van der Waals surface area contributed by atoms with Crippen molar-refractivity contribution < 1.29 is 4.39 Å². The summed E-state index contributed by atoms with van der Waals surface area (Å²) in [5.74, 6) is 0.181. The summed E-state index contributed by atoms with van der Waals surface area (Å²) in [4.78, 5) is 16.2. The number of rotatable bonds is 6. The Morgan fingerprint density at radius 2 is 2.11 bits per heavy atom. The van der Waals surface area contributed by atoms with Crippen molar-refractivity contribution in [2.24, 2.45) is 0 Å². The molecule has 27 heavy (non-hydrogen) atoms. The highest BCUT2D eigenvalue weighted by molar-refractivity contribution is 5.61. The minimum absolute atomic E-state index is 0.0457. The zero-order valence-electron chi connectivity index (χ0n) is 15.4. The SMILES string of the molecule is CCCn1cc(-n2ccc(-c3cnc(NC4(C)CC4)cc3F)n2)ccc1=O. The second-order valence-corrected chi connectivity index (χ2v) is 7.30. The van der Waals surface area contributed by atoms with Crippen LogP contribution < -0.4 is 10.9 Å². The van der Waals surface area contributed by atoms with Gasteiger partial charge in [-0.15, -0.1) is 0 Å². The van der Waals surface area contributed by atoms with Crippen molar-refractivity contribution in [1.29, 1.82) is 0 Å². The van der Waals surface area contributed by atoms with Gasteiger partial charge in [-0.25, -0.2) is 14.1 Å².